The largest absolute Gasteiger partial charge is 0.496 e. The quantitative estimate of drug-likeness (QED) is 0.944. The molecular weight excluding hydrogens is 302 g/mol. The maximum Gasteiger partial charge on any atom is 0.133 e. The Hall–Kier alpha value is -0.910. The SMILES string of the molecule is COc1ccc(-c2nc(C)c(CO)s2)cc1Br. The molecule has 1 aromatic heterocycles. The number of benzene rings is 1. The zero-order valence-corrected chi connectivity index (χ0v) is 11.9. The van der Waals surface area contributed by atoms with Crippen LogP contribution in [0.2, 0.25) is 0 Å². The molecule has 1 N–H and O–H groups in total. The molecule has 3 nitrogen and oxygen atoms in total. The van der Waals surface area contributed by atoms with Crippen LogP contribution in [-0.2, 0) is 6.61 Å². The van der Waals surface area contributed by atoms with Crippen LogP contribution in [0.1, 0.15) is 10.6 Å². The van der Waals surface area contributed by atoms with E-state index < -0.39 is 0 Å². The molecule has 0 aliphatic rings. The van der Waals surface area contributed by atoms with Gasteiger partial charge < -0.3 is 9.84 Å². The molecule has 0 saturated heterocycles. The van der Waals surface area contributed by atoms with Crippen molar-refractivity contribution in [3.05, 3.63) is 33.2 Å². The predicted octanol–water partition coefficient (Wildman–Crippen LogP) is 3.38. The number of aliphatic hydroxyl groups is 1. The molecule has 0 saturated carbocycles. The molecule has 90 valence electrons. The van der Waals surface area contributed by atoms with Gasteiger partial charge in [-0.15, -0.1) is 11.3 Å². The van der Waals surface area contributed by atoms with Crippen LogP contribution in [0.3, 0.4) is 0 Å². The Morgan fingerprint density at radius 3 is 2.76 bits per heavy atom. The van der Waals surface area contributed by atoms with E-state index in [1.165, 1.54) is 11.3 Å². The number of halogens is 1. The lowest BCUT2D eigenvalue weighted by Gasteiger charge is -2.04. The highest BCUT2D eigenvalue weighted by Gasteiger charge is 2.10. The minimum absolute atomic E-state index is 0.0425. The molecule has 0 atom stereocenters. The fraction of sp³-hybridized carbons (Fsp3) is 0.250. The number of thiazole rings is 1. The van der Waals surface area contributed by atoms with E-state index in [-0.39, 0.29) is 6.61 Å². The van der Waals surface area contributed by atoms with Crippen LogP contribution in [-0.4, -0.2) is 17.2 Å². The fourth-order valence-electron chi connectivity index (χ4n) is 1.50. The summed E-state index contributed by atoms with van der Waals surface area (Å²) in [6.45, 7) is 1.95. The van der Waals surface area contributed by atoms with Crippen molar-refractivity contribution in [3.63, 3.8) is 0 Å². The van der Waals surface area contributed by atoms with E-state index in [1.54, 1.807) is 7.11 Å². The second kappa shape index (κ2) is 5.16. The monoisotopic (exact) mass is 313 g/mol. The summed E-state index contributed by atoms with van der Waals surface area (Å²) in [7, 11) is 1.64. The van der Waals surface area contributed by atoms with Crippen LogP contribution in [0.25, 0.3) is 10.6 Å². The average molecular weight is 314 g/mol. The van der Waals surface area contributed by atoms with Gasteiger partial charge in [-0.05, 0) is 41.1 Å². The average Bonchev–Trinajstić information content (AvgIpc) is 2.70. The minimum Gasteiger partial charge on any atom is -0.496 e. The number of rotatable bonds is 3. The first-order valence-corrected chi connectivity index (χ1v) is 6.67. The number of methoxy groups -OCH3 is 1. The van der Waals surface area contributed by atoms with Crippen molar-refractivity contribution >= 4 is 27.3 Å². The Morgan fingerprint density at radius 2 is 2.24 bits per heavy atom. The standard InChI is InChI=1S/C12H12BrNO2S/c1-7-11(6-15)17-12(14-7)8-3-4-10(16-2)9(13)5-8/h3-5,15H,6H2,1-2H3. The summed E-state index contributed by atoms with van der Waals surface area (Å²) in [6, 6.07) is 5.83. The predicted molar refractivity (Wildman–Crippen MR) is 72.5 cm³/mol. The van der Waals surface area contributed by atoms with Gasteiger partial charge in [0.1, 0.15) is 10.8 Å². The van der Waals surface area contributed by atoms with Crippen molar-refractivity contribution in [1.29, 1.82) is 0 Å². The van der Waals surface area contributed by atoms with Crippen LogP contribution in [0.4, 0.5) is 0 Å². The molecule has 2 rings (SSSR count). The summed E-state index contributed by atoms with van der Waals surface area (Å²) < 4.78 is 6.08. The lowest BCUT2D eigenvalue weighted by molar-refractivity contribution is 0.284. The second-order valence-corrected chi connectivity index (χ2v) is 5.47. The van der Waals surface area contributed by atoms with Crippen molar-refractivity contribution in [2.45, 2.75) is 13.5 Å². The number of ether oxygens (including phenoxy) is 1. The molecule has 5 heteroatoms. The summed E-state index contributed by atoms with van der Waals surface area (Å²) in [5.41, 5.74) is 1.91. The lowest BCUT2D eigenvalue weighted by atomic mass is 10.2. The van der Waals surface area contributed by atoms with Gasteiger partial charge in [-0.1, -0.05) is 0 Å². The molecule has 0 fully saturated rings. The van der Waals surface area contributed by atoms with Gasteiger partial charge >= 0.3 is 0 Å². The molecular formula is C12H12BrNO2S. The highest BCUT2D eigenvalue weighted by Crippen LogP contribution is 2.33. The van der Waals surface area contributed by atoms with Crippen LogP contribution in [0.5, 0.6) is 5.75 Å². The first-order chi connectivity index (χ1) is 8.15. The summed E-state index contributed by atoms with van der Waals surface area (Å²) in [4.78, 5) is 5.35. The van der Waals surface area contributed by atoms with Gasteiger partial charge in [-0.3, -0.25) is 0 Å². The van der Waals surface area contributed by atoms with E-state index in [2.05, 4.69) is 20.9 Å². The molecule has 0 radical (unpaired) electrons. The maximum absolute atomic E-state index is 9.16. The number of hydrogen-bond acceptors (Lipinski definition) is 4. The van der Waals surface area contributed by atoms with Crippen molar-refractivity contribution in [3.8, 4) is 16.3 Å². The third-order valence-electron chi connectivity index (χ3n) is 2.44. The normalized spacial score (nSPS) is 10.6. The van der Waals surface area contributed by atoms with Gasteiger partial charge in [0.25, 0.3) is 0 Å². The topological polar surface area (TPSA) is 42.4 Å². The van der Waals surface area contributed by atoms with Gasteiger partial charge in [-0.25, -0.2) is 4.98 Å². The maximum atomic E-state index is 9.16. The molecule has 0 spiro atoms. The van der Waals surface area contributed by atoms with Crippen molar-refractivity contribution in [2.75, 3.05) is 7.11 Å². The van der Waals surface area contributed by atoms with Gasteiger partial charge in [-0.2, -0.15) is 0 Å². The molecule has 1 aromatic carbocycles. The van der Waals surface area contributed by atoms with E-state index in [0.717, 1.165) is 31.4 Å². The smallest absolute Gasteiger partial charge is 0.133 e. The Kier molecular flexibility index (Phi) is 3.81. The first kappa shape index (κ1) is 12.5. The molecule has 2 aromatic rings. The van der Waals surface area contributed by atoms with Gasteiger partial charge in [0, 0.05) is 5.56 Å². The molecule has 0 amide bonds. The van der Waals surface area contributed by atoms with Crippen LogP contribution in [0, 0.1) is 6.92 Å². The van der Waals surface area contributed by atoms with Gasteiger partial charge in [0.15, 0.2) is 0 Å². The minimum atomic E-state index is 0.0425. The summed E-state index contributed by atoms with van der Waals surface area (Å²) in [5, 5.41) is 10.1. The van der Waals surface area contributed by atoms with Crippen LogP contribution in [0.15, 0.2) is 22.7 Å². The Bertz CT molecular complexity index is 539. The van der Waals surface area contributed by atoms with Crippen molar-refractivity contribution < 1.29 is 9.84 Å². The van der Waals surface area contributed by atoms with E-state index >= 15 is 0 Å². The van der Waals surface area contributed by atoms with E-state index in [9.17, 15) is 0 Å². The lowest BCUT2D eigenvalue weighted by Crippen LogP contribution is -1.85. The highest BCUT2D eigenvalue weighted by molar-refractivity contribution is 9.10. The second-order valence-electron chi connectivity index (χ2n) is 3.54. The third-order valence-corrected chi connectivity index (χ3v) is 4.25. The molecule has 1 heterocycles. The number of aliphatic hydroxyl groups excluding tert-OH is 1. The summed E-state index contributed by atoms with van der Waals surface area (Å²) >= 11 is 4.96. The molecule has 0 bridgehead atoms. The summed E-state index contributed by atoms with van der Waals surface area (Å²) in [6.07, 6.45) is 0. The number of nitrogens with zero attached hydrogens (tertiary/aromatic N) is 1. The van der Waals surface area contributed by atoms with E-state index in [1.807, 2.05) is 25.1 Å². The molecule has 0 aliphatic heterocycles. The zero-order chi connectivity index (χ0) is 12.4. The molecule has 0 aliphatic carbocycles. The Balaban J connectivity index is 2.42. The van der Waals surface area contributed by atoms with E-state index in [0.29, 0.717) is 0 Å². The fourth-order valence-corrected chi connectivity index (χ4v) is 2.96. The summed E-state index contributed by atoms with van der Waals surface area (Å²) in [5.74, 6) is 0.796. The third kappa shape index (κ3) is 2.51. The number of hydrogen-bond donors (Lipinski definition) is 1. The van der Waals surface area contributed by atoms with Crippen molar-refractivity contribution in [1.82, 2.24) is 4.98 Å². The first-order valence-electron chi connectivity index (χ1n) is 5.06. The molecule has 17 heavy (non-hydrogen) atoms. The Morgan fingerprint density at radius 1 is 1.47 bits per heavy atom. The highest BCUT2D eigenvalue weighted by atomic mass is 79.9. The molecule has 0 unspecified atom stereocenters. The van der Waals surface area contributed by atoms with Crippen molar-refractivity contribution in [2.24, 2.45) is 0 Å². The van der Waals surface area contributed by atoms with Gasteiger partial charge in [0.2, 0.25) is 0 Å². The van der Waals surface area contributed by atoms with Crippen LogP contribution < -0.4 is 4.74 Å². The van der Waals surface area contributed by atoms with E-state index in [4.69, 9.17) is 9.84 Å². The zero-order valence-electron chi connectivity index (χ0n) is 9.53. The van der Waals surface area contributed by atoms with Gasteiger partial charge in [0.05, 0.1) is 28.8 Å². The van der Waals surface area contributed by atoms with Crippen LogP contribution >= 0.6 is 27.3 Å². The Labute approximate surface area is 112 Å². The number of aryl methyl sites for hydroxylation is 1. The number of aromatic nitrogens is 1.